The lowest BCUT2D eigenvalue weighted by molar-refractivity contribution is 0.0816. The van der Waals surface area contributed by atoms with Gasteiger partial charge >= 0.3 is 0 Å². The maximum Gasteiger partial charge on any atom is 0.0693 e. The quantitative estimate of drug-likeness (QED) is 0.711. The molecule has 0 spiro atoms. The van der Waals surface area contributed by atoms with E-state index in [-0.39, 0.29) is 6.10 Å². The zero-order valence-corrected chi connectivity index (χ0v) is 9.04. The third kappa shape index (κ3) is 2.71. The summed E-state index contributed by atoms with van der Waals surface area (Å²) in [5, 5.41) is 13.5. The lowest BCUT2D eigenvalue weighted by Crippen LogP contribution is -2.47. The van der Waals surface area contributed by atoms with Crippen LogP contribution < -0.4 is 5.32 Å². The van der Waals surface area contributed by atoms with Crippen molar-refractivity contribution >= 4 is 0 Å². The second kappa shape index (κ2) is 5.13. The fourth-order valence-corrected chi connectivity index (χ4v) is 2.88. The largest absolute Gasteiger partial charge is 0.392 e. The van der Waals surface area contributed by atoms with E-state index in [9.17, 15) is 5.11 Å². The molecule has 2 saturated carbocycles. The molecule has 0 aliphatic heterocycles. The Hall–Kier alpha value is -0.0800. The molecule has 0 aromatic carbocycles. The van der Waals surface area contributed by atoms with Gasteiger partial charge in [-0.3, -0.25) is 0 Å². The minimum atomic E-state index is -0.0781. The molecular weight excluding hydrogens is 174 g/mol. The van der Waals surface area contributed by atoms with Crippen molar-refractivity contribution < 1.29 is 5.11 Å². The van der Waals surface area contributed by atoms with Gasteiger partial charge in [0, 0.05) is 12.1 Å². The highest BCUT2D eigenvalue weighted by Crippen LogP contribution is 2.23. The Kier molecular flexibility index (Phi) is 3.82. The van der Waals surface area contributed by atoms with Crippen LogP contribution in [0, 0.1) is 0 Å². The Morgan fingerprint density at radius 1 is 0.786 bits per heavy atom. The molecule has 2 atom stereocenters. The lowest BCUT2D eigenvalue weighted by atomic mass is 9.89. The molecule has 2 rings (SSSR count). The molecule has 2 N–H and O–H groups in total. The van der Waals surface area contributed by atoms with Crippen molar-refractivity contribution in [2.45, 2.75) is 76.0 Å². The van der Waals surface area contributed by atoms with E-state index in [4.69, 9.17) is 0 Å². The number of nitrogens with one attached hydrogen (secondary N) is 1. The summed E-state index contributed by atoms with van der Waals surface area (Å²) in [7, 11) is 0. The highest BCUT2D eigenvalue weighted by Gasteiger charge is 2.25. The average molecular weight is 197 g/mol. The van der Waals surface area contributed by atoms with Gasteiger partial charge in [-0.15, -0.1) is 0 Å². The standard InChI is InChI=1S/C12H23NO/c14-12-9-5-4-8-11(12)13-10-6-2-1-3-7-10/h10-14H,1-9H2/t11-,12-/m0/s1. The van der Waals surface area contributed by atoms with Gasteiger partial charge in [-0.1, -0.05) is 32.1 Å². The second-order valence-corrected chi connectivity index (χ2v) is 4.96. The predicted octanol–water partition coefficient (Wildman–Crippen LogP) is 2.21. The number of hydrogen-bond donors (Lipinski definition) is 2. The van der Waals surface area contributed by atoms with Crippen LogP contribution in [0.5, 0.6) is 0 Å². The molecule has 0 heterocycles. The topological polar surface area (TPSA) is 32.3 Å². The third-order valence-corrected chi connectivity index (χ3v) is 3.78. The van der Waals surface area contributed by atoms with E-state index >= 15 is 0 Å². The van der Waals surface area contributed by atoms with Gasteiger partial charge in [-0.05, 0) is 25.7 Å². The van der Waals surface area contributed by atoms with Crippen molar-refractivity contribution in [3.05, 3.63) is 0 Å². The smallest absolute Gasteiger partial charge is 0.0693 e. The van der Waals surface area contributed by atoms with E-state index in [0.717, 1.165) is 6.42 Å². The Balaban J connectivity index is 1.76. The summed E-state index contributed by atoms with van der Waals surface area (Å²) in [6.45, 7) is 0. The molecule has 0 amide bonds. The zero-order chi connectivity index (χ0) is 9.80. The number of rotatable bonds is 2. The van der Waals surface area contributed by atoms with Gasteiger partial charge in [0.25, 0.3) is 0 Å². The van der Waals surface area contributed by atoms with Gasteiger partial charge in [0.15, 0.2) is 0 Å². The molecule has 0 aromatic heterocycles. The maximum atomic E-state index is 9.84. The molecule has 2 aliphatic carbocycles. The van der Waals surface area contributed by atoms with Crippen molar-refractivity contribution in [3.8, 4) is 0 Å². The molecule has 0 saturated heterocycles. The molecule has 2 fully saturated rings. The minimum Gasteiger partial charge on any atom is -0.392 e. The summed E-state index contributed by atoms with van der Waals surface area (Å²) in [5.41, 5.74) is 0. The molecule has 0 aromatic rings. The first-order valence-corrected chi connectivity index (χ1v) is 6.30. The van der Waals surface area contributed by atoms with Crippen LogP contribution in [0.3, 0.4) is 0 Å². The van der Waals surface area contributed by atoms with E-state index < -0.39 is 0 Å². The summed E-state index contributed by atoms with van der Waals surface area (Å²) in [4.78, 5) is 0. The molecular formula is C12H23NO. The Morgan fingerprint density at radius 2 is 1.43 bits per heavy atom. The first-order valence-electron chi connectivity index (χ1n) is 6.30. The normalized spacial score (nSPS) is 35.8. The predicted molar refractivity (Wildman–Crippen MR) is 58.3 cm³/mol. The van der Waals surface area contributed by atoms with Crippen LogP contribution in [-0.2, 0) is 0 Å². The number of hydrogen-bond acceptors (Lipinski definition) is 2. The number of aliphatic hydroxyl groups excluding tert-OH is 1. The van der Waals surface area contributed by atoms with Crippen molar-refractivity contribution in [1.82, 2.24) is 5.32 Å². The van der Waals surface area contributed by atoms with Gasteiger partial charge in [0.05, 0.1) is 6.10 Å². The first kappa shape index (κ1) is 10.4. The Bertz CT molecular complexity index is 166. The highest BCUT2D eigenvalue weighted by atomic mass is 16.3. The summed E-state index contributed by atoms with van der Waals surface area (Å²) in [6, 6.07) is 1.09. The van der Waals surface area contributed by atoms with E-state index in [1.165, 1.54) is 51.4 Å². The van der Waals surface area contributed by atoms with Crippen LogP contribution in [0.15, 0.2) is 0 Å². The van der Waals surface area contributed by atoms with Crippen LogP contribution in [0.2, 0.25) is 0 Å². The van der Waals surface area contributed by atoms with Crippen LogP contribution in [-0.4, -0.2) is 23.3 Å². The zero-order valence-electron chi connectivity index (χ0n) is 9.04. The maximum absolute atomic E-state index is 9.84. The van der Waals surface area contributed by atoms with Crippen molar-refractivity contribution in [3.63, 3.8) is 0 Å². The molecule has 0 radical (unpaired) electrons. The molecule has 2 aliphatic rings. The van der Waals surface area contributed by atoms with E-state index in [1.54, 1.807) is 0 Å². The monoisotopic (exact) mass is 197 g/mol. The van der Waals surface area contributed by atoms with Crippen molar-refractivity contribution in [2.24, 2.45) is 0 Å². The molecule has 14 heavy (non-hydrogen) atoms. The Morgan fingerprint density at radius 3 is 2.14 bits per heavy atom. The Labute approximate surface area is 87.1 Å². The van der Waals surface area contributed by atoms with Gasteiger partial charge < -0.3 is 10.4 Å². The summed E-state index contributed by atoms with van der Waals surface area (Å²) >= 11 is 0. The van der Waals surface area contributed by atoms with E-state index in [1.807, 2.05) is 0 Å². The fraction of sp³-hybridized carbons (Fsp3) is 1.00. The van der Waals surface area contributed by atoms with Crippen LogP contribution in [0.1, 0.15) is 57.8 Å². The second-order valence-electron chi connectivity index (χ2n) is 4.96. The molecule has 0 bridgehead atoms. The van der Waals surface area contributed by atoms with Crippen LogP contribution in [0.25, 0.3) is 0 Å². The fourth-order valence-electron chi connectivity index (χ4n) is 2.88. The van der Waals surface area contributed by atoms with Gasteiger partial charge in [-0.2, -0.15) is 0 Å². The molecule has 82 valence electrons. The first-order chi connectivity index (χ1) is 6.86. The van der Waals surface area contributed by atoms with Crippen LogP contribution in [0.4, 0.5) is 0 Å². The van der Waals surface area contributed by atoms with Crippen LogP contribution >= 0.6 is 0 Å². The van der Waals surface area contributed by atoms with E-state index in [2.05, 4.69) is 5.32 Å². The summed E-state index contributed by atoms with van der Waals surface area (Å²) in [5.74, 6) is 0. The summed E-state index contributed by atoms with van der Waals surface area (Å²) in [6.07, 6.45) is 11.4. The average Bonchev–Trinajstić information content (AvgIpc) is 2.23. The third-order valence-electron chi connectivity index (χ3n) is 3.78. The number of aliphatic hydroxyl groups is 1. The van der Waals surface area contributed by atoms with Crippen molar-refractivity contribution in [2.75, 3.05) is 0 Å². The van der Waals surface area contributed by atoms with Crippen molar-refractivity contribution in [1.29, 1.82) is 0 Å². The van der Waals surface area contributed by atoms with Gasteiger partial charge in [0.1, 0.15) is 0 Å². The molecule has 0 unspecified atom stereocenters. The summed E-state index contributed by atoms with van der Waals surface area (Å²) < 4.78 is 0. The van der Waals surface area contributed by atoms with Gasteiger partial charge in [0.2, 0.25) is 0 Å². The van der Waals surface area contributed by atoms with Gasteiger partial charge in [-0.25, -0.2) is 0 Å². The van der Waals surface area contributed by atoms with E-state index in [0.29, 0.717) is 12.1 Å². The highest BCUT2D eigenvalue weighted by molar-refractivity contribution is 4.84. The SMILES string of the molecule is O[C@H]1CCCC[C@@H]1NC1CCCCC1. The molecule has 2 nitrogen and oxygen atoms in total. The lowest BCUT2D eigenvalue weighted by Gasteiger charge is -2.33. The molecule has 2 heteroatoms. The minimum absolute atomic E-state index is 0.0781.